The van der Waals surface area contributed by atoms with E-state index in [0.717, 1.165) is 34.6 Å². The lowest BCUT2D eigenvalue weighted by molar-refractivity contribution is -0.274. The number of para-hydroxylation sites is 1. The molecule has 2 aromatic heterocycles. The number of fused-ring (bicyclic) bond motifs is 2. The van der Waals surface area contributed by atoms with Crippen LogP contribution in [0.2, 0.25) is 0 Å². The average Bonchev–Trinajstić information content (AvgIpc) is 3.35. The number of esters is 1. The third-order valence-electron chi connectivity index (χ3n) is 6.03. The van der Waals surface area contributed by atoms with E-state index in [1.165, 1.54) is 24.3 Å². The minimum absolute atomic E-state index is 0.0160. The smallest absolute Gasteiger partial charge is 0.461 e. The molecule has 4 aromatic rings. The van der Waals surface area contributed by atoms with Crippen LogP contribution in [0.1, 0.15) is 28.7 Å². The van der Waals surface area contributed by atoms with Gasteiger partial charge >= 0.3 is 18.5 Å². The maximum absolute atomic E-state index is 14.0. The zero-order valence-electron chi connectivity index (χ0n) is 21.7. The quantitative estimate of drug-likeness (QED) is 0.194. The van der Waals surface area contributed by atoms with Crippen molar-refractivity contribution in [2.75, 3.05) is 16.2 Å². The highest BCUT2D eigenvalue weighted by atomic mass is 32.2. The Kier molecular flexibility index (Phi) is 7.45. The number of ether oxygens (including phenoxy) is 2. The second-order valence-electron chi connectivity index (χ2n) is 8.86. The van der Waals surface area contributed by atoms with E-state index in [4.69, 9.17) is 9.26 Å². The number of benzene rings is 2. The van der Waals surface area contributed by atoms with Crippen molar-refractivity contribution in [1.82, 2.24) is 10.1 Å². The number of aromatic nitrogens is 2. The van der Waals surface area contributed by atoms with Gasteiger partial charge in [0.25, 0.3) is 10.0 Å². The topological polar surface area (TPSA) is 124 Å². The Hall–Kier alpha value is -4.80. The molecule has 0 bridgehead atoms. The predicted octanol–water partition coefficient (Wildman–Crippen LogP) is 6.28. The van der Waals surface area contributed by atoms with Crippen LogP contribution < -0.4 is 14.4 Å². The number of carbonyl (C=O) groups excluding carboxylic acids is 1. The molecule has 0 amide bonds. The van der Waals surface area contributed by atoms with E-state index in [1.54, 1.807) is 6.92 Å². The number of hydrogen-bond donors (Lipinski definition) is 1. The first-order chi connectivity index (χ1) is 20.2. The van der Waals surface area contributed by atoms with Gasteiger partial charge in [-0.3, -0.25) is 4.31 Å². The van der Waals surface area contributed by atoms with Gasteiger partial charge in [-0.05, 0) is 49.4 Å². The van der Waals surface area contributed by atoms with E-state index < -0.39 is 51.4 Å². The summed E-state index contributed by atoms with van der Waals surface area (Å²) in [5.74, 6) is -1.87. The number of carbonyl (C=O) groups is 1. The maximum atomic E-state index is 14.0. The summed E-state index contributed by atoms with van der Waals surface area (Å²) in [5.41, 5.74) is -1.51. The van der Waals surface area contributed by atoms with E-state index in [2.05, 4.69) is 20.2 Å². The molecule has 10 nitrogen and oxygen atoms in total. The summed E-state index contributed by atoms with van der Waals surface area (Å²) in [6.45, 7) is 1.05. The third-order valence-corrected chi connectivity index (χ3v) is 7.79. The van der Waals surface area contributed by atoms with Crippen molar-refractivity contribution in [3.63, 3.8) is 0 Å². The highest BCUT2D eigenvalue weighted by Gasteiger charge is 2.37. The molecule has 3 heterocycles. The number of hydrogen-bond acceptors (Lipinski definition) is 9. The molecular weight excluding hydrogens is 610 g/mol. The van der Waals surface area contributed by atoms with Gasteiger partial charge in [-0.1, -0.05) is 17.3 Å². The van der Waals surface area contributed by atoms with Crippen LogP contribution in [0.3, 0.4) is 0 Å². The molecule has 0 spiro atoms. The number of halogens is 6. The Labute approximate surface area is 238 Å². The number of nitrogens with one attached hydrogen (secondary N) is 1. The fourth-order valence-electron chi connectivity index (χ4n) is 4.20. The minimum atomic E-state index is -5.02. The highest BCUT2D eigenvalue weighted by molar-refractivity contribution is 7.92. The molecule has 1 N–H and O–H groups in total. The average molecular weight is 629 g/mol. The molecule has 0 atom stereocenters. The molecule has 226 valence electrons. The third kappa shape index (κ3) is 6.06. The molecule has 0 saturated carbocycles. The zero-order valence-corrected chi connectivity index (χ0v) is 22.5. The number of anilines is 3. The molecule has 0 radical (unpaired) electrons. The van der Waals surface area contributed by atoms with Gasteiger partial charge in [0.15, 0.2) is 11.5 Å². The van der Waals surface area contributed by atoms with Gasteiger partial charge in [0.2, 0.25) is 0 Å². The first kappa shape index (κ1) is 29.7. The van der Waals surface area contributed by atoms with Gasteiger partial charge < -0.3 is 19.3 Å². The van der Waals surface area contributed by atoms with Crippen LogP contribution in [0.5, 0.6) is 5.75 Å². The Morgan fingerprint density at radius 1 is 1.05 bits per heavy atom. The fraction of sp³-hybridized carbons (Fsp3) is 0.192. The molecule has 1 aliphatic rings. The van der Waals surface area contributed by atoms with Crippen molar-refractivity contribution in [1.29, 1.82) is 0 Å². The first-order valence-corrected chi connectivity index (χ1v) is 13.6. The zero-order chi connectivity index (χ0) is 31.2. The fourth-order valence-corrected chi connectivity index (χ4v) is 5.68. The number of pyridine rings is 1. The maximum Gasteiger partial charge on any atom is 0.573 e. The van der Waals surface area contributed by atoms with Crippen LogP contribution in [0.15, 0.2) is 70.1 Å². The lowest BCUT2D eigenvalue weighted by Gasteiger charge is -2.26. The molecule has 0 saturated heterocycles. The largest absolute Gasteiger partial charge is 0.573 e. The summed E-state index contributed by atoms with van der Waals surface area (Å²) in [5, 5.41) is 6.41. The Morgan fingerprint density at radius 3 is 2.42 bits per heavy atom. The van der Waals surface area contributed by atoms with Crippen LogP contribution in [0.4, 0.5) is 43.5 Å². The van der Waals surface area contributed by atoms with Gasteiger partial charge in [0.1, 0.15) is 17.3 Å². The SMILES string of the molecule is CCOC(=O)c1cc(-c2cccc3c2N(S(=O)(=O)c2ccc(OC(F)(F)F)cc2)Cc2ccc(C(F)(F)F)nc2N3)on1. The molecule has 43 heavy (non-hydrogen) atoms. The molecular formula is C26H18F6N4O6S. The van der Waals surface area contributed by atoms with E-state index in [1.807, 2.05) is 0 Å². The molecule has 0 aliphatic carbocycles. The van der Waals surface area contributed by atoms with Gasteiger partial charge in [-0.2, -0.15) is 13.2 Å². The summed E-state index contributed by atoms with van der Waals surface area (Å²) in [4.78, 5) is 15.4. The summed E-state index contributed by atoms with van der Waals surface area (Å²) < 4.78 is 121. The lowest BCUT2D eigenvalue weighted by Crippen LogP contribution is -2.30. The molecule has 17 heteroatoms. The van der Waals surface area contributed by atoms with E-state index in [9.17, 15) is 39.6 Å². The van der Waals surface area contributed by atoms with Gasteiger partial charge in [0, 0.05) is 17.2 Å². The van der Waals surface area contributed by atoms with Crippen LogP contribution in [-0.4, -0.2) is 37.5 Å². The van der Waals surface area contributed by atoms with Crippen LogP contribution in [0.25, 0.3) is 11.3 Å². The monoisotopic (exact) mass is 628 g/mol. The number of rotatable bonds is 6. The minimum Gasteiger partial charge on any atom is -0.461 e. The molecule has 2 aromatic carbocycles. The van der Waals surface area contributed by atoms with Gasteiger partial charge in [0.05, 0.1) is 29.4 Å². The van der Waals surface area contributed by atoms with Gasteiger partial charge in [-0.15, -0.1) is 13.2 Å². The van der Waals surface area contributed by atoms with E-state index in [0.29, 0.717) is 6.07 Å². The Morgan fingerprint density at radius 2 is 1.77 bits per heavy atom. The number of nitrogens with zero attached hydrogens (tertiary/aromatic N) is 3. The number of sulfonamides is 1. The molecule has 5 rings (SSSR count). The summed E-state index contributed by atoms with van der Waals surface area (Å²) >= 11 is 0. The second-order valence-corrected chi connectivity index (χ2v) is 10.7. The second kappa shape index (κ2) is 10.8. The lowest BCUT2D eigenvalue weighted by atomic mass is 10.1. The predicted molar refractivity (Wildman–Crippen MR) is 137 cm³/mol. The van der Waals surface area contributed by atoms with Crippen molar-refractivity contribution >= 4 is 33.2 Å². The molecule has 0 fully saturated rings. The van der Waals surface area contributed by atoms with E-state index in [-0.39, 0.29) is 46.4 Å². The van der Waals surface area contributed by atoms with Crippen molar-refractivity contribution in [3.05, 3.63) is 77.6 Å². The van der Waals surface area contributed by atoms with Crippen molar-refractivity contribution in [2.24, 2.45) is 0 Å². The van der Waals surface area contributed by atoms with Gasteiger partial charge in [-0.25, -0.2) is 18.2 Å². The van der Waals surface area contributed by atoms with Crippen LogP contribution >= 0.6 is 0 Å². The molecule has 1 aliphatic heterocycles. The van der Waals surface area contributed by atoms with Crippen molar-refractivity contribution in [2.45, 2.75) is 30.9 Å². The molecule has 0 unspecified atom stereocenters. The Balaban J connectivity index is 1.67. The standard InChI is InChI=1S/C26H18F6N4O6S/c1-2-40-24(37)19-12-20(42-35-19)17-4-3-5-18-22(17)36(13-14-6-11-21(25(27,28)29)34-23(14)33-18)43(38,39)16-9-7-15(8-10-16)41-26(30,31)32/h3-12H,2,13H2,1H3,(H,33,34). The van der Waals surface area contributed by atoms with Crippen LogP contribution in [-0.2, 0) is 27.5 Å². The first-order valence-electron chi connectivity index (χ1n) is 12.2. The van der Waals surface area contributed by atoms with Crippen LogP contribution in [0, 0.1) is 0 Å². The normalized spacial score (nSPS) is 13.4. The van der Waals surface area contributed by atoms with E-state index >= 15 is 0 Å². The number of alkyl halides is 6. The van der Waals surface area contributed by atoms with Crippen molar-refractivity contribution in [3.8, 4) is 17.1 Å². The highest BCUT2D eigenvalue weighted by Crippen LogP contribution is 2.45. The summed E-state index contributed by atoms with van der Waals surface area (Å²) in [7, 11) is -4.64. The Bertz CT molecular complexity index is 1790. The summed E-state index contributed by atoms with van der Waals surface area (Å²) in [6, 6.07) is 10.6. The summed E-state index contributed by atoms with van der Waals surface area (Å²) in [6.07, 6.45) is -9.82. The van der Waals surface area contributed by atoms with Crippen molar-refractivity contribution < 1.29 is 53.6 Å².